The van der Waals surface area contributed by atoms with Gasteiger partial charge in [0.2, 0.25) is 21.7 Å². The summed E-state index contributed by atoms with van der Waals surface area (Å²) in [7, 11) is -3.29. The molecule has 0 unspecified atom stereocenters. The van der Waals surface area contributed by atoms with Gasteiger partial charge in [-0.2, -0.15) is 4.98 Å². The minimum atomic E-state index is -3.29. The molecule has 1 N–H and O–H groups in total. The number of nitrogens with zero attached hydrogens (tertiary/aromatic N) is 2. The number of sulfonamides is 1. The van der Waals surface area contributed by atoms with Gasteiger partial charge in [-0.15, -0.1) is 0 Å². The van der Waals surface area contributed by atoms with E-state index in [4.69, 9.17) is 4.52 Å². The van der Waals surface area contributed by atoms with Crippen LogP contribution < -0.4 is 4.72 Å². The van der Waals surface area contributed by atoms with Crippen molar-refractivity contribution in [3.05, 3.63) is 72.1 Å². The molecule has 0 radical (unpaired) electrons. The predicted octanol–water partition coefficient (Wildman–Crippen LogP) is 2.83. The standard InChI is InChI=1S/C19H21N3O3S/c23-26(24,15-13-16-8-3-1-4-9-16)20-14-7-12-18-21-19(22-25-18)17-10-5-2-6-11-17/h1-6,8-11,20H,7,12-15H2. The van der Waals surface area contributed by atoms with E-state index in [1.165, 1.54) is 0 Å². The van der Waals surface area contributed by atoms with Crippen LogP contribution in [0.15, 0.2) is 65.2 Å². The van der Waals surface area contributed by atoms with Crippen LogP contribution in [0.3, 0.4) is 0 Å². The first-order chi connectivity index (χ1) is 12.6. The molecule has 1 heterocycles. The molecule has 136 valence electrons. The lowest BCUT2D eigenvalue weighted by Gasteiger charge is -2.06. The quantitative estimate of drug-likeness (QED) is 0.585. The Bertz CT molecular complexity index is 909. The molecular weight excluding hydrogens is 350 g/mol. The lowest BCUT2D eigenvalue weighted by Crippen LogP contribution is -2.28. The molecule has 0 saturated heterocycles. The molecule has 2 aromatic carbocycles. The van der Waals surface area contributed by atoms with Crippen molar-refractivity contribution >= 4 is 10.0 Å². The van der Waals surface area contributed by atoms with Crippen molar-refractivity contribution in [2.24, 2.45) is 0 Å². The molecule has 0 aliphatic heterocycles. The van der Waals surface area contributed by atoms with Gasteiger partial charge in [-0.05, 0) is 18.4 Å². The summed E-state index contributed by atoms with van der Waals surface area (Å²) < 4.78 is 31.9. The Morgan fingerprint density at radius 3 is 2.35 bits per heavy atom. The third kappa shape index (κ3) is 5.50. The van der Waals surface area contributed by atoms with E-state index in [2.05, 4.69) is 14.9 Å². The topological polar surface area (TPSA) is 85.1 Å². The molecule has 0 spiro atoms. The molecule has 1 aromatic heterocycles. The van der Waals surface area contributed by atoms with Crippen molar-refractivity contribution in [2.75, 3.05) is 12.3 Å². The van der Waals surface area contributed by atoms with E-state index in [1.54, 1.807) is 0 Å². The Hall–Kier alpha value is -2.51. The van der Waals surface area contributed by atoms with Crippen LogP contribution in [0.5, 0.6) is 0 Å². The first kappa shape index (κ1) is 18.3. The summed E-state index contributed by atoms with van der Waals surface area (Å²) in [5, 5.41) is 3.95. The first-order valence-corrected chi connectivity index (χ1v) is 10.2. The maximum atomic E-state index is 12.0. The molecule has 0 atom stereocenters. The number of rotatable bonds is 9. The van der Waals surface area contributed by atoms with Crippen LogP contribution in [0.1, 0.15) is 17.9 Å². The van der Waals surface area contributed by atoms with Crippen molar-refractivity contribution < 1.29 is 12.9 Å². The van der Waals surface area contributed by atoms with Crippen molar-refractivity contribution in [1.82, 2.24) is 14.9 Å². The molecule has 7 heteroatoms. The Morgan fingerprint density at radius 1 is 0.923 bits per heavy atom. The number of hydrogen-bond donors (Lipinski definition) is 1. The zero-order valence-corrected chi connectivity index (χ0v) is 15.2. The van der Waals surface area contributed by atoms with Crippen LogP contribution in [0.4, 0.5) is 0 Å². The number of nitrogens with one attached hydrogen (secondary N) is 1. The molecule has 0 aliphatic carbocycles. The predicted molar refractivity (Wildman–Crippen MR) is 100.0 cm³/mol. The Balaban J connectivity index is 1.42. The van der Waals surface area contributed by atoms with E-state index in [0.717, 1.165) is 11.1 Å². The van der Waals surface area contributed by atoms with E-state index in [0.29, 0.717) is 37.5 Å². The fourth-order valence-electron chi connectivity index (χ4n) is 2.50. The van der Waals surface area contributed by atoms with Gasteiger partial charge < -0.3 is 4.52 Å². The van der Waals surface area contributed by atoms with Gasteiger partial charge >= 0.3 is 0 Å². The van der Waals surface area contributed by atoms with E-state index >= 15 is 0 Å². The first-order valence-electron chi connectivity index (χ1n) is 8.52. The molecule has 0 bridgehead atoms. The highest BCUT2D eigenvalue weighted by atomic mass is 32.2. The van der Waals surface area contributed by atoms with E-state index in [1.807, 2.05) is 60.7 Å². The highest BCUT2D eigenvalue weighted by Gasteiger charge is 2.11. The minimum absolute atomic E-state index is 0.0791. The molecule has 26 heavy (non-hydrogen) atoms. The fourth-order valence-corrected chi connectivity index (χ4v) is 3.60. The maximum absolute atomic E-state index is 12.0. The molecule has 0 aliphatic rings. The van der Waals surface area contributed by atoms with Crippen LogP contribution in [0.2, 0.25) is 0 Å². The number of aromatic nitrogens is 2. The smallest absolute Gasteiger partial charge is 0.227 e. The van der Waals surface area contributed by atoms with Crippen LogP contribution >= 0.6 is 0 Å². The summed E-state index contributed by atoms with van der Waals surface area (Å²) in [6, 6.07) is 19.2. The summed E-state index contributed by atoms with van der Waals surface area (Å²) in [5.41, 5.74) is 1.90. The monoisotopic (exact) mass is 371 g/mol. The van der Waals surface area contributed by atoms with Gasteiger partial charge in [0.15, 0.2) is 0 Å². The van der Waals surface area contributed by atoms with Gasteiger partial charge in [-0.1, -0.05) is 65.8 Å². The highest BCUT2D eigenvalue weighted by Crippen LogP contribution is 2.15. The summed E-state index contributed by atoms with van der Waals surface area (Å²) in [5.74, 6) is 1.13. The number of aryl methyl sites for hydroxylation is 2. The number of hydrogen-bond acceptors (Lipinski definition) is 5. The highest BCUT2D eigenvalue weighted by molar-refractivity contribution is 7.89. The second kappa shape index (κ2) is 8.73. The van der Waals surface area contributed by atoms with E-state index < -0.39 is 10.0 Å². The van der Waals surface area contributed by atoms with Gasteiger partial charge in [0.1, 0.15) is 0 Å². The maximum Gasteiger partial charge on any atom is 0.227 e. The average molecular weight is 371 g/mol. The number of benzene rings is 2. The second-order valence-electron chi connectivity index (χ2n) is 5.93. The minimum Gasteiger partial charge on any atom is -0.339 e. The third-order valence-corrected chi connectivity index (χ3v) is 5.28. The molecule has 6 nitrogen and oxygen atoms in total. The fraction of sp³-hybridized carbons (Fsp3) is 0.263. The summed E-state index contributed by atoms with van der Waals surface area (Å²) >= 11 is 0. The second-order valence-corrected chi connectivity index (χ2v) is 7.86. The lowest BCUT2D eigenvalue weighted by atomic mass is 10.2. The van der Waals surface area contributed by atoms with Crippen LogP contribution in [0.25, 0.3) is 11.4 Å². The van der Waals surface area contributed by atoms with Crippen LogP contribution in [0, 0.1) is 0 Å². The van der Waals surface area contributed by atoms with Crippen molar-refractivity contribution in [3.63, 3.8) is 0 Å². The summed E-state index contributed by atoms with van der Waals surface area (Å²) in [6.07, 6.45) is 1.63. The van der Waals surface area contributed by atoms with Gasteiger partial charge in [0.05, 0.1) is 5.75 Å². The normalized spacial score (nSPS) is 11.5. The SMILES string of the molecule is O=S(=O)(CCc1ccccc1)NCCCc1nc(-c2ccccc2)no1. The lowest BCUT2D eigenvalue weighted by molar-refractivity contribution is 0.376. The Morgan fingerprint density at radius 2 is 1.62 bits per heavy atom. The largest absolute Gasteiger partial charge is 0.339 e. The Labute approximate surface area is 153 Å². The van der Waals surface area contributed by atoms with Crippen molar-refractivity contribution in [3.8, 4) is 11.4 Å². The average Bonchev–Trinajstić information content (AvgIpc) is 3.14. The summed E-state index contributed by atoms with van der Waals surface area (Å²) in [6.45, 7) is 0.347. The van der Waals surface area contributed by atoms with Gasteiger partial charge in [0.25, 0.3) is 0 Å². The van der Waals surface area contributed by atoms with E-state index in [9.17, 15) is 8.42 Å². The molecule has 0 saturated carbocycles. The van der Waals surface area contributed by atoms with Gasteiger partial charge in [-0.3, -0.25) is 0 Å². The molecular formula is C19H21N3O3S. The van der Waals surface area contributed by atoms with E-state index in [-0.39, 0.29) is 5.75 Å². The third-order valence-electron chi connectivity index (χ3n) is 3.89. The molecule has 3 rings (SSSR count). The van der Waals surface area contributed by atoms with Crippen molar-refractivity contribution in [1.29, 1.82) is 0 Å². The summed E-state index contributed by atoms with van der Waals surface area (Å²) in [4.78, 5) is 4.34. The molecule has 3 aromatic rings. The van der Waals surface area contributed by atoms with Gasteiger partial charge in [0, 0.05) is 18.5 Å². The van der Waals surface area contributed by atoms with Crippen LogP contribution in [-0.2, 0) is 22.9 Å². The van der Waals surface area contributed by atoms with Gasteiger partial charge in [-0.25, -0.2) is 13.1 Å². The zero-order chi connectivity index (χ0) is 18.2. The zero-order valence-electron chi connectivity index (χ0n) is 14.3. The Kier molecular flexibility index (Phi) is 6.14. The molecule has 0 fully saturated rings. The van der Waals surface area contributed by atoms with Crippen molar-refractivity contribution in [2.45, 2.75) is 19.3 Å². The molecule has 0 amide bonds. The van der Waals surface area contributed by atoms with Crippen LogP contribution in [-0.4, -0.2) is 30.9 Å².